The highest BCUT2D eigenvalue weighted by atomic mass is 16.5. The van der Waals surface area contributed by atoms with E-state index in [1.165, 1.54) is 17.5 Å². The molecule has 3 atom stereocenters. The normalized spacial score (nSPS) is 31.8. The molecular weight excluding hydrogens is 228 g/mol. The van der Waals surface area contributed by atoms with Gasteiger partial charge in [0.2, 0.25) is 0 Å². The summed E-state index contributed by atoms with van der Waals surface area (Å²) in [7, 11) is 1.66. The van der Waals surface area contributed by atoms with Gasteiger partial charge in [0.25, 0.3) is 0 Å². The summed E-state index contributed by atoms with van der Waals surface area (Å²) in [4.78, 5) is 12.1. The first kappa shape index (κ1) is 10.4. The van der Waals surface area contributed by atoms with Gasteiger partial charge in [0.1, 0.15) is 0 Å². The SMILES string of the molecule is COc1ccc2c3c1OC1C(=O)CCC(CC2)C31. The van der Waals surface area contributed by atoms with Crippen LogP contribution in [0.2, 0.25) is 0 Å². The molecule has 1 aliphatic heterocycles. The fraction of sp³-hybridized carbons (Fsp3) is 0.533. The van der Waals surface area contributed by atoms with Crippen molar-refractivity contribution in [1.82, 2.24) is 0 Å². The van der Waals surface area contributed by atoms with Gasteiger partial charge in [-0.2, -0.15) is 0 Å². The maximum Gasteiger partial charge on any atom is 0.173 e. The average Bonchev–Trinajstić information content (AvgIpc) is 2.81. The molecule has 2 aliphatic carbocycles. The van der Waals surface area contributed by atoms with Crippen molar-refractivity contribution in [2.24, 2.45) is 5.92 Å². The number of carbonyl (C=O) groups is 1. The first-order chi connectivity index (χ1) is 8.79. The van der Waals surface area contributed by atoms with E-state index in [0.717, 1.165) is 24.3 Å². The lowest BCUT2D eigenvalue weighted by atomic mass is 9.67. The zero-order valence-corrected chi connectivity index (χ0v) is 10.4. The molecule has 1 aromatic carbocycles. The fourth-order valence-corrected chi connectivity index (χ4v) is 3.90. The minimum absolute atomic E-state index is 0.242. The number of ether oxygens (including phenoxy) is 2. The smallest absolute Gasteiger partial charge is 0.173 e. The van der Waals surface area contributed by atoms with Gasteiger partial charge in [-0.3, -0.25) is 4.79 Å². The maximum absolute atomic E-state index is 12.1. The summed E-state index contributed by atoms with van der Waals surface area (Å²) in [5.41, 5.74) is 2.62. The van der Waals surface area contributed by atoms with Crippen LogP contribution in [0, 0.1) is 5.92 Å². The van der Waals surface area contributed by atoms with Crippen molar-refractivity contribution in [2.45, 2.75) is 37.7 Å². The summed E-state index contributed by atoms with van der Waals surface area (Å²) in [6.07, 6.45) is 3.76. The van der Waals surface area contributed by atoms with Gasteiger partial charge < -0.3 is 9.47 Å². The third-order valence-corrected chi connectivity index (χ3v) is 4.75. The van der Waals surface area contributed by atoms with E-state index in [2.05, 4.69) is 6.07 Å². The van der Waals surface area contributed by atoms with Crippen molar-refractivity contribution in [3.8, 4) is 11.5 Å². The zero-order chi connectivity index (χ0) is 12.3. The lowest BCUT2D eigenvalue weighted by Gasteiger charge is -2.35. The first-order valence-corrected chi connectivity index (χ1v) is 6.68. The Bertz CT molecular complexity index is 535. The number of rotatable bonds is 1. The quantitative estimate of drug-likeness (QED) is 0.761. The van der Waals surface area contributed by atoms with Gasteiger partial charge in [-0.15, -0.1) is 0 Å². The standard InChI is InChI=1S/C15H16O3/c1-17-11-7-5-9-3-2-8-4-6-10(16)14-12(8)13(9)15(11)18-14/h5,7-8,12,14H,2-4,6H2,1H3. The highest BCUT2D eigenvalue weighted by molar-refractivity contribution is 5.87. The van der Waals surface area contributed by atoms with Crippen LogP contribution >= 0.6 is 0 Å². The highest BCUT2D eigenvalue weighted by Gasteiger charge is 2.50. The van der Waals surface area contributed by atoms with E-state index in [-0.39, 0.29) is 11.9 Å². The molecule has 18 heavy (non-hydrogen) atoms. The largest absolute Gasteiger partial charge is 0.493 e. The van der Waals surface area contributed by atoms with E-state index in [0.29, 0.717) is 18.3 Å². The summed E-state index contributed by atoms with van der Waals surface area (Å²) in [5.74, 6) is 2.79. The minimum atomic E-state index is -0.242. The number of hydrogen-bond acceptors (Lipinski definition) is 3. The highest BCUT2D eigenvalue weighted by Crippen LogP contribution is 2.55. The van der Waals surface area contributed by atoms with Crippen LogP contribution in [0.1, 0.15) is 36.3 Å². The molecule has 0 N–H and O–H groups in total. The van der Waals surface area contributed by atoms with Crippen molar-refractivity contribution < 1.29 is 14.3 Å². The number of benzene rings is 1. The summed E-state index contributed by atoms with van der Waals surface area (Å²) in [6.45, 7) is 0. The van der Waals surface area contributed by atoms with Crippen molar-refractivity contribution in [3.05, 3.63) is 23.3 Å². The van der Waals surface area contributed by atoms with Gasteiger partial charge >= 0.3 is 0 Å². The molecule has 0 saturated heterocycles. The first-order valence-electron chi connectivity index (χ1n) is 6.68. The molecular formula is C15H16O3. The number of ketones is 1. The second-order valence-electron chi connectivity index (χ2n) is 5.54. The van der Waals surface area contributed by atoms with E-state index >= 15 is 0 Å². The number of aryl methyl sites for hydroxylation is 1. The third-order valence-electron chi connectivity index (χ3n) is 4.75. The van der Waals surface area contributed by atoms with Gasteiger partial charge in [0.15, 0.2) is 23.4 Å². The Hall–Kier alpha value is -1.51. The lowest BCUT2D eigenvalue weighted by molar-refractivity contribution is -0.129. The van der Waals surface area contributed by atoms with Crippen LogP contribution in [0.25, 0.3) is 0 Å². The molecule has 3 heteroatoms. The summed E-state index contributed by atoms with van der Waals surface area (Å²) in [6, 6.07) is 4.11. The van der Waals surface area contributed by atoms with E-state index in [4.69, 9.17) is 9.47 Å². The molecule has 4 rings (SSSR count). The molecule has 0 bridgehead atoms. The Balaban J connectivity index is 1.92. The van der Waals surface area contributed by atoms with Gasteiger partial charge in [-0.05, 0) is 36.8 Å². The predicted octanol–water partition coefficient (Wildman–Crippen LogP) is 2.47. The van der Waals surface area contributed by atoms with Gasteiger partial charge in [0.05, 0.1) is 7.11 Å². The van der Waals surface area contributed by atoms with Gasteiger partial charge in [0, 0.05) is 17.9 Å². The number of carbonyl (C=O) groups excluding carboxylic acids is 1. The fourth-order valence-electron chi connectivity index (χ4n) is 3.90. The molecule has 94 valence electrons. The molecule has 1 aromatic rings. The summed E-state index contributed by atoms with van der Waals surface area (Å²) in [5, 5.41) is 0. The molecule has 1 heterocycles. The lowest BCUT2D eigenvalue weighted by Crippen LogP contribution is -2.39. The Morgan fingerprint density at radius 1 is 1.28 bits per heavy atom. The zero-order valence-electron chi connectivity index (χ0n) is 10.4. The van der Waals surface area contributed by atoms with Crippen molar-refractivity contribution in [1.29, 1.82) is 0 Å². The van der Waals surface area contributed by atoms with Crippen LogP contribution in [0.4, 0.5) is 0 Å². The molecule has 0 radical (unpaired) electrons. The Labute approximate surface area is 106 Å². The Morgan fingerprint density at radius 2 is 2.11 bits per heavy atom. The van der Waals surface area contributed by atoms with Gasteiger partial charge in [-0.25, -0.2) is 0 Å². The minimum Gasteiger partial charge on any atom is -0.493 e. The summed E-state index contributed by atoms with van der Waals surface area (Å²) >= 11 is 0. The van der Waals surface area contributed by atoms with Crippen molar-refractivity contribution in [3.63, 3.8) is 0 Å². The average molecular weight is 244 g/mol. The topological polar surface area (TPSA) is 35.5 Å². The van der Waals surface area contributed by atoms with Crippen LogP contribution in [-0.2, 0) is 11.2 Å². The van der Waals surface area contributed by atoms with Crippen LogP contribution in [0.15, 0.2) is 12.1 Å². The van der Waals surface area contributed by atoms with Crippen LogP contribution in [0.3, 0.4) is 0 Å². The molecule has 1 fully saturated rings. The second-order valence-corrected chi connectivity index (χ2v) is 5.54. The monoisotopic (exact) mass is 244 g/mol. The maximum atomic E-state index is 12.1. The Morgan fingerprint density at radius 3 is 2.94 bits per heavy atom. The molecule has 1 saturated carbocycles. The second kappa shape index (κ2) is 3.50. The molecule has 0 aromatic heterocycles. The molecule has 3 unspecified atom stereocenters. The predicted molar refractivity (Wildman–Crippen MR) is 66.2 cm³/mol. The van der Waals surface area contributed by atoms with Crippen molar-refractivity contribution in [2.75, 3.05) is 7.11 Å². The number of methoxy groups -OCH3 is 1. The number of Topliss-reactive ketones (excluding diaryl/α,β-unsaturated/α-hetero) is 1. The van der Waals surface area contributed by atoms with Crippen molar-refractivity contribution >= 4 is 5.78 Å². The Kier molecular flexibility index (Phi) is 2.02. The van der Waals surface area contributed by atoms with Crippen LogP contribution in [0.5, 0.6) is 11.5 Å². The summed E-state index contributed by atoms with van der Waals surface area (Å²) < 4.78 is 11.3. The third kappa shape index (κ3) is 1.17. The van der Waals surface area contributed by atoms with Crippen LogP contribution < -0.4 is 9.47 Å². The van der Waals surface area contributed by atoms with Gasteiger partial charge in [-0.1, -0.05) is 6.07 Å². The molecule has 0 amide bonds. The molecule has 0 spiro atoms. The van der Waals surface area contributed by atoms with E-state index in [1.54, 1.807) is 7.11 Å². The molecule has 3 aliphatic rings. The van der Waals surface area contributed by atoms with E-state index < -0.39 is 0 Å². The number of hydrogen-bond donors (Lipinski definition) is 0. The van der Waals surface area contributed by atoms with E-state index in [9.17, 15) is 4.79 Å². The van der Waals surface area contributed by atoms with E-state index in [1.807, 2.05) is 6.07 Å². The van der Waals surface area contributed by atoms with Crippen LogP contribution in [-0.4, -0.2) is 19.0 Å². The molecule has 3 nitrogen and oxygen atoms in total.